The third kappa shape index (κ3) is 3.51. The Balaban J connectivity index is 2.72. The first-order chi connectivity index (χ1) is 5.70. The maximum absolute atomic E-state index is 5.88. The molecule has 0 aliphatic rings. The summed E-state index contributed by atoms with van der Waals surface area (Å²) in [5.41, 5.74) is 0. The molecule has 1 aromatic rings. The van der Waals surface area contributed by atoms with Gasteiger partial charge in [-0.2, -0.15) is 0 Å². The number of halogens is 3. The second-order valence-electron chi connectivity index (χ2n) is 1.95. The normalized spacial score (nSPS) is 12.6. The fourth-order valence-electron chi connectivity index (χ4n) is 0.631. The van der Waals surface area contributed by atoms with E-state index in [4.69, 9.17) is 23.2 Å². The zero-order chi connectivity index (χ0) is 8.97. The molecule has 0 atom stereocenters. The number of rotatable bonds is 2. The summed E-state index contributed by atoms with van der Waals surface area (Å²) in [6.45, 7) is 0. The van der Waals surface area contributed by atoms with Crippen molar-refractivity contribution in [1.82, 2.24) is 0 Å². The van der Waals surface area contributed by atoms with Crippen LogP contribution in [0.25, 0.3) is 0 Å². The first kappa shape index (κ1) is 10.6. The van der Waals surface area contributed by atoms with E-state index >= 15 is 0 Å². The molecule has 0 saturated heterocycles. The second-order valence-corrected chi connectivity index (χ2v) is 6.74. The summed E-state index contributed by atoms with van der Waals surface area (Å²) in [4.78, 5) is 0. The molecule has 1 aromatic carbocycles. The molecule has 0 saturated carbocycles. The Morgan fingerprint density at radius 3 is 2.25 bits per heavy atom. The molecule has 0 aliphatic heterocycles. The van der Waals surface area contributed by atoms with Crippen LogP contribution < -0.4 is 4.46 Å². The van der Waals surface area contributed by atoms with E-state index in [0.717, 1.165) is 0 Å². The van der Waals surface area contributed by atoms with Gasteiger partial charge in [0.2, 0.25) is 0 Å². The van der Waals surface area contributed by atoms with Crippen LogP contribution in [0.4, 0.5) is 0 Å². The van der Waals surface area contributed by atoms with E-state index in [9.17, 15) is 0 Å². The predicted molar refractivity (Wildman–Crippen MR) is 59.5 cm³/mol. The molecule has 0 aliphatic carbocycles. The predicted octanol–water partition coefficient (Wildman–Crippen LogP) is 3.02. The minimum absolute atomic E-state index is 0.114. The van der Waals surface area contributed by atoms with Crippen LogP contribution in [0.5, 0.6) is 0 Å². The zero-order valence-electron chi connectivity index (χ0n) is 5.93. The van der Waals surface area contributed by atoms with Crippen LogP contribution in [-0.2, 0) is 0 Å². The topological polar surface area (TPSA) is 0 Å². The van der Waals surface area contributed by atoms with Crippen molar-refractivity contribution in [2.45, 2.75) is 0 Å². The Bertz CT molecular complexity index is 280. The van der Waals surface area contributed by atoms with Gasteiger partial charge in [0.15, 0.2) is 0 Å². The molecular formula is C8H5BrCl2Se. The number of hydrogen-bond donors (Lipinski definition) is 0. The molecule has 0 nitrogen and oxygen atoms in total. The van der Waals surface area contributed by atoms with Crippen molar-refractivity contribution in [1.29, 1.82) is 0 Å². The zero-order valence-corrected chi connectivity index (χ0v) is 10.7. The molecule has 0 unspecified atom stereocenters. The molecule has 0 bridgehead atoms. The minimum atomic E-state index is 0.114. The van der Waals surface area contributed by atoms with E-state index in [0.29, 0.717) is 7.87 Å². The van der Waals surface area contributed by atoms with Gasteiger partial charge in [0.05, 0.1) is 0 Å². The van der Waals surface area contributed by atoms with E-state index in [1.807, 2.05) is 30.3 Å². The van der Waals surface area contributed by atoms with Crippen molar-refractivity contribution in [3.05, 3.63) is 38.2 Å². The molecule has 0 N–H and O–H groups in total. The molecule has 0 spiro atoms. The summed E-state index contributed by atoms with van der Waals surface area (Å²) >= 11 is 14.8. The number of hydrogen-bond acceptors (Lipinski definition) is 0. The van der Waals surface area contributed by atoms with Crippen LogP contribution in [0.1, 0.15) is 0 Å². The molecule has 0 heterocycles. The van der Waals surface area contributed by atoms with E-state index in [1.54, 1.807) is 0 Å². The van der Waals surface area contributed by atoms with Crippen LogP contribution in [0.3, 0.4) is 0 Å². The molecule has 0 radical (unpaired) electrons. The summed E-state index contributed by atoms with van der Waals surface area (Å²) in [5, 5.41) is 0. The average Bonchev–Trinajstić information content (AvgIpc) is 2.06. The third-order valence-corrected chi connectivity index (χ3v) is 5.31. The molecule has 12 heavy (non-hydrogen) atoms. The molecule has 4 heteroatoms. The molecule has 64 valence electrons. The van der Waals surface area contributed by atoms with Gasteiger partial charge in [-0.25, -0.2) is 0 Å². The van der Waals surface area contributed by atoms with Gasteiger partial charge in [0.1, 0.15) is 0 Å². The van der Waals surface area contributed by atoms with Crippen molar-refractivity contribution in [2.24, 2.45) is 0 Å². The van der Waals surface area contributed by atoms with Crippen molar-refractivity contribution < 1.29 is 0 Å². The monoisotopic (exact) mass is 330 g/mol. The third-order valence-electron chi connectivity index (χ3n) is 1.10. The van der Waals surface area contributed by atoms with E-state index in [-0.39, 0.29) is 15.0 Å². The van der Waals surface area contributed by atoms with Gasteiger partial charge in [0.25, 0.3) is 0 Å². The Morgan fingerprint density at radius 2 is 1.75 bits per heavy atom. The van der Waals surface area contributed by atoms with Gasteiger partial charge in [-0.15, -0.1) is 0 Å². The van der Waals surface area contributed by atoms with Crippen LogP contribution >= 0.6 is 39.1 Å². The van der Waals surface area contributed by atoms with E-state index in [2.05, 4.69) is 15.9 Å². The van der Waals surface area contributed by atoms with Gasteiger partial charge >= 0.3 is 96.8 Å². The summed E-state index contributed by atoms with van der Waals surface area (Å²) in [7, 11) is 0. The van der Waals surface area contributed by atoms with Crippen LogP contribution in [-0.4, -0.2) is 15.0 Å². The van der Waals surface area contributed by atoms with E-state index < -0.39 is 0 Å². The Labute approximate surface area is 96.2 Å². The first-order valence-electron chi connectivity index (χ1n) is 3.14. The average molecular weight is 331 g/mol. The van der Waals surface area contributed by atoms with Crippen molar-refractivity contribution in [3.8, 4) is 0 Å². The van der Waals surface area contributed by atoms with Gasteiger partial charge in [-0.05, 0) is 0 Å². The Morgan fingerprint density at radius 1 is 1.17 bits per heavy atom. The van der Waals surface area contributed by atoms with Gasteiger partial charge in [0, 0.05) is 0 Å². The molecule has 0 amide bonds. The van der Waals surface area contributed by atoms with Crippen molar-refractivity contribution in [2.75, 3.05) is 0 Å². The van der Waals surface area contributed by atoms with Gasteiger partial charge in [-0.3, -0.25) is 0 Å². The van der Waals surface area contributed by atoms with E-state index in [1.165, 1.54) is 4.46 Å². The molecular weight excluding hydrogens is 326 g/mol. The second kappa shape index (κ2) is 5.31. The molecule has 0 fully saturated rings. The maximum atomic E-state index is 5.88. The summed E-state index contributed by atoms with van der Waals surface area (Å²) in [6.07, 6.45) is 0. The summed E-state index contributed by atoms with van der Waals surface area (Å²) < 4.78 is 2.41. The van der Waals surface area contributed by atoms with Crippen LogP contribution in [0.15, 0.2) is 38.2 Å². The summed E-state index contributed by atoms with van der Waals surface area (Å²) in [6, 6.07) is 10.0. The Kier molecular flexibility index (Phi) is 4.70. The van der Waals surface area contributed by atoms with Gasteiger partial charge in [-0.1, -0.05) is 0 Å². The fourth-order valence-corrected chi connectivity index (χ4v) is 2.93. The van der Waals surface area contributed by atoms with Crippen molar-refractivity contribution in [3.63, 3.8) is 0 Å². The first-order valence-corrected chi connectivity index (χ1v) is 6.40. The summed E-state index contributed by atoms with van der Waals surface area (Å²) in [5.74, 6) is 0. The van der Waals surface area contributed by atoms with Crippen LogP contribution in [0.2, 0.25) is 0 Å². The molecule has 1 rings (SSSR count). The SMILES string of the molecule is ClC(Br)=C(Cl)[Se]c1ccccc1. The van der Waals surface area contributed by atoms with Crippen LogP contribution in [0, 0.1) is 0 Å². The number of benzene rings is 1. The van der Waals surface area contributed by atoms with Gasteiger partial charge < -0.3 is 0 Å². The fraction of sp³-hybridized carbons (Fsp3) is 0. The standard InChI is InChI=1S/C8H5BrCl2Se/c9-7(10)8(11)12-6-4-2-1-3-5-6/h1-5H. The Hall–Kier alpha value is 0.539. The van der Waals surface area contributed by atoms with Crippen molar-refractivity contribution >= 4 is 58.6 Å². The molecule has 0 aromatic heterocycles. The quantitative estimate of drug-likeness (QED) is 0.731.